The van der Waals surface area contributed by atoms with Crippen LogP contribution in [-0.4, -0.2) is 37.4 Å². The lowest BCUT2D eigenvalue weighted by Gasteiger charge is -2.21. The van der Waals surface area contributed by atoms with Crippen LogP contribution in [0.3, 0.4) is 0 Å². The normalized spacial score (nSPS) is 12.7. The highest BCUT2D eigenvalue weighted by molar-refractivity contribution is 5.83. The second-order valence-corrected chi connectivity index (χ2v) is 6.08. The molecular formula is C18H25NO5. The molecule has 1 unspecified atom stereocenters. The molecule has 1 aromatic rings. The third-order valence-corrected chi connectivity index (χ3v) is 2.78. The zero-order valence-electron chi connectivity index (χ0n) is 14.6. The number of carbonyl (C=O) groups is 2. The van der Waals surface area contributed by atoms with Crippen LogP contribution in [0.15, 0.2) is 42.5 Å². The smallest absolute Gasteiger partial charge is 0.408 e. The molecule has 132 valence electrons. The summed E-state index contributed by atoms with van der Waals surface area (Å²) in [5.74, 6) is -0.583. The van der Waals surface area contributed by atoms with Crippen LogP contribution in [0.25, 0.3) is 0 Å². The van der Waals surface area contributed by atoms with Gasteiger partial charge in [0.25, 0.3) is 0 Å². The fraction of sp³-hybridized carbons (Fsp3) is 0.444. The molecule has 0 spiro atoms. The maximum atomic E-state index is 11.8. The molecule has 0 saturated carbocycles. The zero-order valence-corrected chi connectivity index (χ0v) is 14.6. The Hall–Kier alpha value is -2.34. The third-order valence-electron chi connectivity index (χ3n) is 2.78. The number of nitrogens with one attached hydrogen (secondary N) is 1. The molecule has 1 aromatic carbocycles. The topological polar surface area (TPSA) is 73.9 Å². The standard InChI is InChI=1S/C18H25NO5/c1-18(2,3)24-17(21)19-15(16(20)22-4)11-8-12-23-13-14-9-6-5-7-10-14/h5-11,15H,12-13H2,1-4H3,(H,19,21)/b11-8+. The van der Waals surface area contributed by atoms with Gasteiger partial charge in [0.2, 0.25) is 0 Å². The highest BCUT2D eigenvalue weighted by atomic mass is 16.6. The molecule has 0 aliphatic carbocycles. The molecule has 24 heavy (non-hydrogen) atoms. The van der Waals surface area contributed by atoms with E-state index in [2.05, 4.69) is 10.1 Å². The predicted molar refractivity (Wildman–Crippen MR) is 90.4 cm³/mol. The number of esters is 1. The summed E-state index contributed by atoms with van der Waals surface area (Å²) in [7, 11) is 1.26. The number of methoxy groups -OCH3 is 1. The second kappa shape index (κ2) is 9.72. The fourth-order valence-electron chi connectivity index (χ4n) is 1.76. The van der Waals surface area contributed by atoms with Gasteiger partial charge < -0.3 is 19.5 Å². The number of carbonyl (C=O) groups excluding carboxylic acids is 2. The SMILES string of the molecule is COC(=O)C(/C=C/COCc1ccccc1)NC(=O)OC(C)(C)C. The largest absolute Gasteiger partial charge is 0.467 e. The van der Waals surface area contributed by atoms with E-state index in [1.165, 1.54) is 13.2 Å². The molecule has 0 radical (unpaired) electrons. The highest BCUT2D eigenvalue weighted by Crippen LogP contribution is 2.07. The first-order valence-electron chi connectivity index (χ1n) is 7.67. The van der Waals surface area contributed by atoms with E-state index in [4.69, 9.17) is 9.47 Å². The van der Waals surface area contributed by atoms with Gasteiger partial charge in [-0.3, -0.25) is 0 Å². The van der Waals surface area contributed by atoms with Gasteiger partial charge in [-0.15, -0.1) is 0 Å². The monoisotopic (exact) mass is 335 g/mol. The summed E-state index contributed by atoms with van der Waals surface area (Å²) < 4.78 is 15.3. The summed E-state index contributed by atoms with van der Waals surface area (Å²) in [6.07, 6.45) is 2.48. The van der Waals surface area contributed by atoms with E-state index in [0.717, 1.165) is 5.56 Å². The molecule has 1 amide bonds. The molecule has 0 aromatic heterocycles. The van der Waals surface area contributed by atoms with Gasteiger partial charge in [-0.1, -0.05) is 42.5 Å². The molecular weight excluding hydrogens is 310 g/mol. The summed E-state index contributed by atoms with van der Waals surface area (Å²) in [4.78, 5) is 23.5. The van der Waals surface area contributed by atoms with Crippen LogP contribution in [0.5, 0.6) is 0 Å². The molecule has 1 atom stereocenters. The number of rotatable bonds is 7. The van der Waals surface area contributed by atoms with Crippen molar-refractivity contribution in [2.75, 3.05) is 13.7 Å². The minimum absolute atomic E-state index is 0.304. The van der Waals surface area contributed by atoms with Crippen molar-refractivity contribution < 1.29 is 23.8 Å². The van der Waals surface area contributed by atoms with Crippen LogP contribution in [0.2, 0.25) is 0 Å². The summed E-state index contributed by atoms with van der Waals surface area (Å²) in [5.41, 5.74) is 0.412. The van der Waals surface area contributed by atoms with Gasteiger partial charge in [-0.2, -0.15) is 0 Å². The lowest BCUT2D eigenvalue weighted by Crippen LogP contribution is -2.42. The van der Waals surface area contributed by atoms with E-state index in [9.17, 15) is 9.59 Å². The van der Waals surface area contributed by atoms with E-state index < -0.39 is 23.7 Å². The maximum absolute atomic E-state index is 11.8. The third kappa shape index (κ3) is 8.33. The Balaban J connectivity index is 2.47. The summed E-state index contributed by atoms with van der Waals surface area (Å²) in [6, 6.07) is 8.81. The molecule has 0 saturated heterocycles. The van der Waals surface area contributed by atoms with Crippen molar-refractivity contribution in [3.63, 3.8) is 0 Å². The molecule has 0 aliphatic heterocycles. The molecule has 1 N–H and O–H groups in total. The van der Waals surface area contributed by atoms with Gasteiger partial charge in [0.1, 0.15) is 11.6 Å². The van der Waals surface area contributed by atoms with Crippen molar-refractivity contribution in [2.24, 2.45) is 0 Å². The number of hydrogen-bond donors (Lipinski definition) is 1. The van der Waals surface area contributed by atoms with E-state index in [0.29, 0.717) is 13.2 Å². The van der Waals surface area contributed by atoms with E-state index in [1.54, 1.807) is 26.8 Å². The van der Waals surface area contributed by atoms with E-state index >= 15 is 0 Å². The number of hydrogen-bond acceptors (Lipinski definition) is 5. The van der Waals surface area contributed by atoms with E-state index in [1.807, 2.05) is 30.3 Å². The molecule has 0 fully saturated rings. The Bertz CT molecular complexity index is 548. The number of ether oxygens (including phenoxy) is 3. The molecule has 1 rings (SSSR count). The Labute approximate surface area is 142 Å². The molecule has 6 nitrogen and oxygen atoms in total. The highest BCUT2D eigenvalue weighted by Gasteiger charge is 2.22. The summed E-state index contributed by atoms with van der Waals surface area (Å²) in [5, 5.41) is 2.45. The minimum atomic E-state index is -0.926. The first-order chi connectivity index (χ1) is 11.3. The van der Waals surface area contributed by atoms with Gasteiger partial charge in [0.05, 0.1) is 20.3 Å². The summed E-state index contributed by atoms with van der Waals surface area (Å²) >= 11 is 0. The van der Waals surface area contributed by atoms with Crippen LogP contribution < -0.4 is 5.32 Å². The van der Waals surface area contributed by atoms with Gasteiger partial charge in [-0.25, -0.2) is 9.59 Å². The van der Waals surface area contributed by atoms with Crippen molar-refractivity contribution in [1.82, 2.24) is 5.32 Å². The van der Waals surface area contributed by atoms with Crippen LogP contribution in [0, 0.1) is 0 Å². The molecule has 6 heteroatoms. The Morgan fingerprint density at radius 3 is 2.46 bits per heavy atom. The minimum Gasteiger partial charge on any atom is -0.467 e. The van der Waals surface area contributed by atoms with Crippen LogP contribution in [0.1, 0.15) is 26.3 Å². The first-order valence-corrected chi connectivity index (χ1v) is 7.67. The first kappa shape index (κ1) is 19.7. The maximum Gasteiger partial charge on any atom is 0.408 e. The van der Waals surface area contributed by atoms with Gasteiger partial charge in [0, 0.05) is 0 Å². The lowest BCUT2D eigenvalue weighted by molar-refractivity contribution is -0.141. The zero-order chi connectivity index (χ0) is 18.0. The quantitative estimate of drug-likeness (QED) is 0.471. The molecule has 0 heterocycles. The number of amides is 1. The molecule has 0 aliphatic rings. The van der Waals surface area contributed by atoms with Crippen LogP contribution in [0.4, 0.5) is 4.79 Å². The van der Waals surface area contributed by atoms with Crippen molar-refractivity contribution in [3.05, 3.63) is 48.0 Å². The Morgan fingerprint density at radius 1 is 1.21 bits per heavy atom. The summed E-state index contributed by atoms with van der Waals surface area (Å²) in [6.45, 7) is 6.00. The fourth-order valence-corrected chi connectivity index (χ4v) is 1.76. The van der Waals surface area contributed by atoms with Gasteiger partial charge >= 0.3 is 12.1 Å². The average Bonchev–Trinajstić information content (AvgIpc) is 2.52. The lowest BCUT2D eigenvalue weighted by atomic mass is 10.2. The molecule has 0 bridgehead atoms. The van der Waals surface area contributed by atoms with Gasteiger partial charge in [-0.05, 0) is 26.3 Å². The number of alkyl carbamates (subject to hydrolysis) is 1. The van der Waals surface area contributed by atoms with Crippen molar-refractivity contribution in [2.45, 2.75) is 39.0 Å². The van der Waals surface area contributed by atoms with Crippen molar-refractivity contribution >= 4 is 12.1 Å². The number of benzene rings is 1. The Kier molecular flexibility index (Phi) is 7.98. The van der Waals surface area contributed by atoms with Crippen molar-refractivity contribution in [3.8, 4) is 0 Å². The van der Waals surface area contributed by atoms with Gasteiger partial charge in [0.15, 0.2) is 0 Å². The van der Waals surface area contributed by atoms with E-state index in [-0.39, 0.29) is 0 Å². The Morgan fingerprint density at radius 2 is 1.88 bits per heavy atom. The van der Waals surface area contributed by atoms with Crippen molar-refractivity contribution in [1.29, 1.82) is 0 Å². The van der Waals surface area contributed by atoms with Crippen LogP contribution in [-0.2, 0) is 25.6 Å². The second-order valence-electron chi connectivity index (χ2n) is 6.08. The van der Waals surface area contributed by atoms with Crippen LogP contribution >= 0.6 is 0 Å². The average molecular weight is 335 g/mol. The predicted octanol–water partition coefficient (Wildman–Crippen LogP) is 2.83.